The molecule has 1 saturated heterocycles. The zero-order valence-corrected chi connectivity index (χ0v) is 9.73. The molecule has 1 atom stereocenters. The van der Waals surface area contributed by atoms with Crippen molar-refractivity contribution in [2.24, 2.45) is 5.92 Å². The molecule has 1 heteroatoms. The predicted octanol–water partition coefficient (Wildman–Crippen LogP) is 3.75. The summed E-state index contributed by atoms with van der Waals surface area (Å²) in [4.78, 5) is 2.55. The van der Waals surface area contributed by atoms with E-state index < -0.39 is 0 Å². The molecule has 0 N–H and O–H groups in total. The van der Waals surface area contributed by atoms with Gasteiger partial charge in [-0.2, -0.15) is 0 Å². The van der Waals surface area contributed by atoms with E-state index in [-0.39, 0.29) is 0 Å². The van der Waals surface area contributed by atoms with Gasteiger partial charge in [-0.3, -0.25) is 0 Å². The van der Waals surface area contributed by atoms with E-state index in [1.165, 1.54) is 43.5 Å². The summed E-state index contributed by atoms with van der Waals surface area (Å²) in [7, 11) is 0. The number of likely N-dealkylation sites (tertiary alicyclic amines) is 1. The van der Waals surface area contributed by atoms with E-state index in [0.717, 1.165) is 5.92 Å². The Morgan fingerprint density at radius 2 is 1.88 bits per heavy atom. The van der Waals surface area contributed by atoms with Gasteiger partial charge in [-0.15, -0.1) is 0 Å². The molecule has 0 spiro atoms. The molecule has 0 bridgehead atoms. The first-order chi connectivity index (χ1) is 7.86. The van der Waals surface area contributed by atoms with Gasteiger partial charge in [-0.05, 0) is 37.2 Å². The fraction of sp³-hybridized carbons (Fsp3) is 0.467. The number of rotatable bonds is 3. The van der Waals surface area contributed by atoms with Crippen LogP contribution >= 0.6 is 0 Å². The Kier molecular flexibility index (Phi) is 2.47. The van der Waals surface area contributed by atoms with E-state index in [0.29, 0.717) is 6.04 Å². The van der Waals surface area contributed by atoms with Gasteiger partial charge in [-0.1, -0.05) is 36.9 Å². The number of hydrogen-bond acceptors (Lipinski definition) is 1. The second-order valence-electron chi connectivity index (χ2n) is 5.03. The summed E-state index contributed by atoms with van der Waals surface area (Å²) in [5, 5.41) is 0. The minimum atomic E-state index is 0.592. The highest BCUT2D eigenvalue weighted by atomic mass is 15.2. The van der Waals surface area contributed by atoms with Gasteiger partial charge in [0.05, 0.1) is 6.04 Å². The van der Waals surface area contributed by atoms with Crippen molar-refractivity contribution in [2.45, 2.75) is 31.7 Å². The van der Waals surface area contributed by atoms with E-state index in [1.807, 2.05) is 0 Å². The monoisotopic (exact) mass is 213 g/mol. The zero-order valence-electron chi connectivity index (χ0n) is 9.73. The maximum atomic E-state index is 4.30. The van der Waals surface area contributed by atoms with Crippen LogP contribution in [0.1, 0.15) is 37.3 Å². The zero-order chi connectivity index (χ0) is 11.0. The second kappa shape index (κ2) is 3.97. The standard InChI is InChI=1S/C15H19N/c1-12(13-9-10-13)16-11-5-8-15(16)14-6-3-2-4-7-14/h2-4,6-7,13,15H,1,5,8-11H2. The lowest BCUT2D eigenvalue weighted by molar-refractivity contribution is 0.312. The Hall–Kier alpha value is -1.24. The molecule has 1 unspecified atom stereocenters. The van der Waals surface area contributed by atoms with Gasteiger partial charge in [-0.25, -0.2) is 0 Å². The molecule has 1 aliphatic heterocycles. The van der Waals surface area contributed by atoms with Crippen LogP contribution in [0, 0.1) is 5.92 Å². The Morgan fingerprint density at radius 3 is 2.56 bits per heavy atom. The average Bonchev–Trinajstić information content (AvgIpc) is 3.06. The predicted molar refractivity (Wildman–Crippen MR) is 67.0 cm³/mol. The number of nitrogens with zero attached hydrogens (tertiary/aromatic N) is 1. The summed E-state index contributed by atoms with van der Waals surface area (Å²) < 4.78 is 0. The van der Waals surface area contributed by atoms with Crippen LogP contribution in [0.4, 0.5) is 0 Å². The van der Waals surface area contributed by atoms with E-state index in [2.05, 4.69) is 41.8 Å². The molecule has 2 aliphatic rings. The first kappa shape index (κ1) is 9.95. The molecule has 1 heterocycles. The molecule has 1 nitrogen and oxygen atoms in total. The van der Waals surface area contributed by atoms with Crippen LogP contribution in [0.5, 0.6) is 0 Å². The largest absolute Gasteiger partial charge is 0.368 e. The van der Waals surface area contributed by atoms with Gasteiger partial charge in [0.25, 0.3) is 0 Å². The molecule has 84 valence electrons. The summed E-state index contributed by atoms with van der Waals surface area (Å²) >= 11 is 0. The van der Waals surface area contributed by atoms with Crippen molar-refractivity contribution in [3.8, 4) is 0 Å². The van der Waals surface area contributed by atoms with Crippen LogP contribution < -0.4 is 0 Å². The Labute approximate surface area is 97.8 Å². The number of benzene rings is 1. The van der Waals surface area contributed by atoms with Crippen molar-refractivity contribution in [3.63, 3.8) is 0 Å². The second-order valence-corrected chi connectivity index (χ2v) is 5.03. The fourth-order valence-electron chi connectivity index (χ4n) is 2.78. The third-order valence-electron chi connectivity index (χ3n) is 3.85. The molecular formula is C15H19N. The van der Waals surface area contributed by atoms with E-state index >= 15 is 0 Å². The van der Waals surface area contributed by atoms with Gasteiger partial charge in [0.2, 0.25) is 0 Å². The third-order valence-corrected chi connectivity index (χ3v) is 3.85. The van der Waals surface area contributed by atoms with Gasteiger partial charge in [0.15, 0.2) is 0 Å². The molecule has 0 amide bonds. The average molecular weight is 213 g/mol. The number of allylic oxidation sites excluding steroid dienone is 1. The normalized spacial score (nSPS) is 24.8. The van der Waals surface area contributed by atoms with Crippen molar-refractivity contribution >= 4 is 0 Å². The molecule has 16 heavy (non-hydrogen) atoms. The molecule has 2 fully saturated rings. The molecule has 1 aliphatic carbocycles. The maximum absolute atomic E-state index is 4.30. The minimum absolute atomic E-state index is 0.592. The highest BCUT2D eigenvalue weighted by Gasteiger charge is 2.34. The van der Waals surface area contributed by atoms with Crippen molar-refractivity contribution in [2.75, 3.05) is 6.54 Å². The fourth-order valence-corrected chi connectivity index (χ4v) is 2.78. The third kappa shape index (κ3) is 1.75. The highest BCUT2D eigenvalue weighted by molar-refractivity contribution is 5.23. The van der Waals surface area contributed by atoms with Crippen LogP contribution in [0.2, 0.25) is 0 Å². The Balaban J connectivity index is 1.81. The number of hydrogen-bond donors (Lipinski definition) is 0. The van der Waals surface area contributed by atoms with E-state index in [1.54, 1.807) is 0 Å². The quantitative estimate of drug-likeness (QED) is 0.739. The van der Waals surface area contributed by atoms with E-state index in [4.69, 9.17) is 0 Å². The molecule has 1 aromatic rings. The molecule has 1 aromatic carbocycles. The van der Waals surface area contributed by atoms with Gasteiger partial charge >= 0.3 is 0 Å². The first-order valence-electron chi connectivity index (χ1n) is 6.36. The maximum Gasteiger partial charge on any atom is 0.0540 e. The summed E-state index contributed by atoms with van der Waals surface area (Å²) in [5.74, 6) is 0.796. The SMILES string of the molecule is C=C(C1CC1)N1CCCC1c1ccccc1. The van der Waals surface area contributed by atoms with Gasteiger partial charge in [0, 0.05) is 12.2 Å². The summed E-state index contributed by atoms with van der Waals surface area (Å²) in [6, 6.07) is 11.5. The molecule has 3 rings (SSSR count). The van der Waals surface area contributed by atoms with Crippen LogP contribution in [0.15, 0.2) is 42.6 Å². The van der Waals surface area contributed by atoms with Crippen LogP contribution in [0.3, 0.4) is 0 Å². The Morgan fingerprint density at radius 1 is 1.12 bits per heavy atom. The molecule has 0 radical (unpaired) electrons. The highest BCUT2D eigenvalue weighted by Crippen LogP contribution is 2.43. The van der Waals surface area contributed by atoms with Crippen molar-refractivity contribution in [1.29, 1.82) is 0 Å². The first-order valence-corrected chi connectivity index (χ1v) is 6.36. The smallest absolute Gasteiger partial charge is 0.0540 e. The van der Waals surface area contributed by atoms with E-state index in [9.17, 15) is 0 Å². The van der Waals surface area contributed by atoms with Crippen molar-refractivity contribution < 1.29 is 0 Å². The minimum Gasteiger partial charge on any atom is -0.368 e. The van der Waals surface area contributed by atoms with Gasteiger partial charge in [0.1, 0.15) is 0 Å². The van der Waals surface area contributed by atoms with Crippen LogP contribution in [-0.4, -0.2) is 11.4 Å². The lowest BCUT2D eigenvalue weighted by atomic mass is 10.0. The van der Waals surface area contributed by atoms with Gasteiger partial charge < -0.3 is 4.90 Å². The topological polar surface area (TPSA) is 3.24 Å². The lowest BCUT2D eigenvalue weighted by Gasteiger charge is -2.29. The van der Waals surface area contributed by atoms with Crippen molar-refractivity contribution in [1.82, 2.24) is 4.90 Å². The molecular weight excluding hydrogens is 194 g/mol. The Bertz CT molecular complexity index is 378. The summed E-state index contributed by atoms with van der Waals surface area (Å²) in [6.07, 6.45) is 5.31. The molecule has 0 aromatic heterocycles. The lowest BCUT2D eigenvalue weighted by Crippen LogP contribution is -2.23. The van der Waals surface area contributed by atoms with Crippen LogP contribution in [0.25, 0.3) is 0 Å². The van der Waals surface area contributed by atoms with Crippen LogP contribution in [-0.2, 0) is 0 Å². The van der Waals surface area contributed by atoms with Crippen molar-refractivity contribution in [3.05, 3.63) is 48.2 Å². The summed E-state index contributed by atoms with van der Waals surface area (Å²) in [6.45, 7) is 5.50. The molecule has 1 saturated carbocycles. The summed E-state index contributed by atoms with van der Waals surface area (Å²) in [5.41, 5.74) is 2.85.